The lowest BCUT2D eigenvalue weighted by molar-refractivity contribution is -0.130. The van der Waals surface area contributed by atoms with Crippen LogP contribution < -0.4 is 5.32 Å². The van der Waals surface area contributed by atoms with E-state index in [0.29, 0.717) is 6.42 Å². The fourth-order valence-corrected chi connectivity index (χ4v) is 2.39. The van der Waals surface area contributed by atoms with Crippen LogP contribution in [0.1, 0.15) is 60.8 Å². The standard InChI is InChI=1S/C14H25NO3.C2H6/c1-10(2)13(11(3)16)15-12(17)9-14(4)5-7-18-8-6-14;1-2/h10,13H,5-9H2,1-4H3,(H,15,17);1-2H3. The average molecular weight is 285 g/mol. The summed E-state index contributed by atoms with van der Waals surface area (Å²) in [4.78, 5) is 23.5. The zero-order valence-corrected chi connectivity index (χ0v) is 13.9. The van der Waals surface area contributed by atoms with Gasteiger partial charge in [-0.15, -0.1) is 0 Å². The van der Waals surface area contributed by atoms with Gasteiger partial charge < -0.3 is 10.1 Å². The smallest absolute Gasteiger partial charge is 0.221 e. The van der Waals surface area contributed by atoms with Crippen molar-refractivity contribution in [1.82, 2.24) is 5.32 Å². The summed E-state index contributed by atoms with van der Waals surface area (Å²) in [7, 11) is 0. The molecule has 4 heteroatoms. The first-order valence-corrected chi connectivity index (χ1v) is 7.72. The molecule has 1 heterocycles. The van der Waals surface area contributed by atoms with Crippen LogP contribution >= 0.6 is 0 Å². The molecule has 4 nitrogen and oxygen atoms in total. The van der Waals surface area contributed by atoms with Crippen molar-refractivity contribution in [2.24, 2.45) is 11.3 Å². The first kappa shape index (κ1) is 19.1. The highest BCUT2D eigenvalue weighted by molar-refractivity contribution is 5.87. The van der Waals surface area contributed by atoms with Gasteiger partial charge in [-0.1, -0.05) is 34.6 Å². The van der Waals surface area contributed by atoms with Crippen molar-refractivity contribution in [2.75, 3.05) is 13.2 Å². The molecule has 20 heavy (non-hydrogen) atoms. The van der Waals surface area contributed by atoms with E-state index in [0.717, 1.165) is 26.1 Å². The Morgan fingerprint density at radius 2 is 1.70 bits per heavy atom. The van der Waals surface area contributed by atoms with Crippen molar-refractivity contribution in [3.8, 4) is 0 Å². The monoisotopic (exact) mass is 285 g/mol. The molecule has 0 aliphatic carbocycles. The van der Waals surface area contributed by atoms with E-state index < -0.39 is 0 Å². The van der Waals surface area contributed by atoms with E-state index in [2.05, 4.69) is 12.2 Å². The average Bonchev–Trinajstić information content (AvgIpc) is 2.38. The summed E-state index contributed by atoms with van der Waals surface area (Å²) in [6, 6.07) is -0.360. The third-order valence-electron chi connectivity index (χ3n) is 3.71. The lowest BCUT2D eigenvalue weighted by Gasteiger charge is -2.33. The number of ketones is 1. The number of Topliss-reactive ketones (excluding diaryl/α,β-unsaturated/α-hetero) is 1. The number of nitrogens with one attached hydrogen (secondary N) is 1. The zero-order chi connectivity index (χ0) is 15.8. The van der Waals surface area contributed by atoms with Crippen LogP contribution in [0, 0.1) is 11.3 Å². The number of rotatable bonds is 5. The fourth-order valence-electron chi connectivity index (χ4n) is 2.39. The number of ether oxygens (including phenoxy) is 1. The van der Waals surface area contributed by atoms with Gasteiger partial charge in [-0.25, -0.2) is 0 Å². The van der Waals surface area contributed by atoms with Crippen LogP contribution in [0.4, 0.5) is 0 Å². The largest absolute Gasteiger partial charge is 0.381 e. The minimum Gasteiger partial charge on any atom is -0.381 e. The molecule has 0 aromatic rings. The van der Waals surface area contributed by atoms with Gasteiger partial charge in [0.2, 0.25) is 5.91 Å². The van der Waals surface area contributed by atoms with Crippen LogP contribution in [0.3, 0.4) is 0 Å². The Kier molecular flexibility index (Phi) is 8.70. The van der Waals surface area contributed by atoms with Gasteiger partial charge in [0, 0.05) is 19.6 Å². The molecular formula is C16H31NO3. The number of amides is 1. The van der Waals surface area contributed by atoms with Crippen LogP contribution in [0.15, 0.2) is 0 Å². The van der Waals surface area contributed by atoms with Crippen molar-refractivity contribution < 1.29 is 14.3 Å². The van der Waals surface area contributed by atoms with E-state index in [-0.39, 0.29) is 29.1 Å². The van der Waals surface area contributed by atoms with Crippen LogP contribution in [-0.2, 0) is 14.3 Å². The summed E-state index contributed by atoms with van der Waals surface area (Å²) in [5.41, 5.74) is 0.0145. The Hall–Kier alpha value is -0.900. The molecule has 1 aliphatic heterocycles. The number of carbonyl (C=O) groups is 2. The maximum Gasteiger partial charge on any atom is 0.221 e. The van der Waals surface area contributed by atoms with Crippen LogP contribution in [0.5, 0.6) is 0 Å². The predicted molar refractivity (Wildman–Crippen MR) is 81.6 cm³/mol. The molecule has 1 fully saturated rings. The van der Waals surface area contributed by atoms with E-state index in [1.807, 2.05) is 27.7 Å². The van der Waals surface area contributed by atoms with Gasteiger partial charge in [0.15, 0.2) is 5.78 Å². The second-order valence-electron chi connectivity index (χ2n) is 6.00. The van der Waals surface area contributed by atoms with Gasteiger partial charge in [0.1, 0.15) is 0 Å². The molecule has 0 aromatic carbocycles. The summed E-state index contributed by atoms with van der Waals surface area (Å²) in [5, 5.41) is 2.86. The number of hydrogen-bond donors (Lipinski definition) is 1. The summed E-state index contributed by atoms with van der Waals surface area (Å²) in [5.74, 6) is 0.137. The minimum atomic E-state index is -0.360. The van der Waals surface area contributed by atoms with Gasteiger partial charge in [0.25, 0.3) is 0 Å². The molecule has 1 atom stereocenters. The van der Waals surface area contributed by atoms with E-state index in [1.165, 1.54) is 6.92 Å². The lowest BCUT2D eigenvalue weighted by atomic mass is 9.79. The van der Waals surface area contributed by atoms with E-state index in [1.54, 1.807) is 0 Å². The van der Waals surface area contributed by atoms with Crippen LogP contribution in [-0.4, -0.2) is 30.9 Å². The summed E-state index contributed by atoms with van der Waals surface area (Å²) < 4.78 is 5.32. The Morgan fingerprint density at radius 1 is 1.20 bits per heavy atom. The predicted octanol–water partition coefficient (Wildman–Crippen LogP) is 2.95. The molecule has 1 saturated heterocycles. The summed E-state index contributed by atoms with van der Waals surface area (Å²) >= 11 is 0. The second kappa shape index (κ2) is 9.11. The third kappa shape index (κ3) is 6.51. The fraction of sp³-hybridized carbons (Fsp3) is 0.875. The van der Waals surface area contributed by atoms with E-state index in [9.17, 15) is 9.59 Å². The molecule has 0 radical (unpaired) electrons. The maximum atomic E-state index is 12.0. The highest BCUT2D eigenvalue weighted by atomic mass is 16.5. The molecule has 1 N–H and O–H groups in total. The SMILES string of the molecule is CC.CC(=O)C(NC(=O)CC1(C)CCOCC1)C(C)C. The highest BCUT2D eigenvalue weighted by Gasteiger charge is 2.31. The summed E-state index contributed by atoms with van der Waals surface area (Å²) in [6.45, 7) is 13.0. The topological polar surface area (TPSA) is 55.4 Å². The molecule has 0 aromatic heterocycles. The van der Waals surface area contributed by atoms with Crippen LogP contribution in [0.25, 0.3) is 0 Å². The Labute approximate surface area is 123 Å². The summed E-state index contributed by atoms with van der Waals surface area (Å²) in [6.07, 6.45) is 2.30. The first-order chi connectivity index (χ1) is 9.34. The first-order valence-electron chi connectivity index (χ1n) is 7.72. The molecule has 0 bridgehead atoms. The molecule has 1 aliphatic rings. The van der Waals surface area contributed by atoms with E-state index >= 15 is 0 Å². The zero-order valence-electron chi connectivity index (χ0n) is 13.9. The van der Waals surface area contributed by atoms with Gasteiger partial charge in [-0.3, -0.25) is 9.59 Å². The molecule has 1 rings (SSSR count). The Balaban J connectivity index is 0.00000172. The maximum absolute atomic E-state index is 12.0. The van der Waals surface area contributed by atoms with E-state index in [4.69, 9.17) is 4.74 Å². The molecule has 1 unspecified atom stereocenters. The normalized spacial score (nSPS) is 18.8. The van der Waals surface area contributed by atoms with Gasteiger partial charge in [0.05, 0.1) is 6.04 Å². The van der Waals surface area contributed by atoms with Crippen LogP contribution in [0.2, 0.25) is 0 Å². The molecule has 0 saturated carbocycles. The van der Waals surface area contributed by atoms with Gasteiger partial charge in [-0.05, 0) is 31.1 Å². The lowest BCUT2D eigenvalue weighted by Crippen LogP contribution is -2.45. The Morgan fingerprint density at radius 3 is 2.10 bits per heavy atom. The van der Waals surface area contributed by atoms with Crippen molar-refractivity contribution in [2.45, 2.75) is 66.8 Å². The molecule has 118 valence electrons. The highest BCUT2D eigenvalue weighted by Crippen LogP contribution is 2.33. The number of hydrogen-bond acceptors (Lipinski definition) is 3. The third-order valence-corrected chi connectivity index (χ3v) is 3.71. The van der Waals surface area contributed by atoms with Crippen molar-refractivity contribution in [3.05, 3.63) is 0 Å². The Bertz CT molecular complexity index is 307. The minimum absolute atomic E-state index is 0.0145. The van der Waals surface area contributed by atoms with Crippen molar-refractivity contribution in [3.63, 3.8) is 0 Å². The van der Waals surface area contributed by atoms with Crippen molar-refractivity contribution in [1.29, 1.82) is 0 Å². The van der Waals surface area contributed by atoms with Gasteiger partial charge in [-0.2, -0.15) is 0 Å². The molecule has 0 spiro atoms. The molecule has 1 amide bonds. The molecular weight excluding hydrogens is 254 g/mol. The number of carbonyl (C=O) groups excluding carboxylic acids is 2. The van der Waals surface area contributed by atoms with Crippen molar-refractivity contribution >= 4 is 11.7 Å². The van der Waals surface area contributed by atoms with Gasteiger partial charge >= 0.3 is 0 Å². The quantitative estimate of drug-likeness (QED) is 0.845. The second-order valence-corrected chi connectivity index (χ2v) is 6.00.